The van der Waals surface area contributed by atoms with Crippen LogP contribution in [0.1, 0.15) is 19.7 Å². The Bertz CT molecular complexity index is 804. The number of aliphatic imine (C=N–C) groups is 1. The van der Waals surface area contributed by atoms with Crippen LogP contribution in [0.5, 0.6) is 0 Å². The van der Waals surface area contributed by atoms with Gasteiger partial charge >= 0.3 is 0 Å². The molecule has 1 aliphatic heterocycles. The van der Waals surface area contributed by atoms with Crippen molar-refractivity contribution in [2.45, 2.75) is 19.6 Å². The monoisotopic (exact) mass is 372 g/mol. The Hall–Kier alpha value is -1.24. The van der Waals surface area contributed by atoms with E-state index in [1.54, 1.807) is 30.0 Å². The van der Waals surface area contributed by atoms with E-state index in [0.717, 1.165) is 18.3 Å². The molecule has 0 radical (unpaired) electrons. The third kappa shape index (κ3) is 4.40. The van der Waals surface area contributed by atoms with E-state index in [-0.39, 0.29) is 23.4 Å². The largest absolute Gasteiger partial charge is 0.364 e. The smallest absolute Gasteiger partial charge is 0.258 e. The maximum atomic E-state index is 12.1. The number of nitrogens with one attached hydrogen (secondary N) is 2. The predicted octanol–water partition coefficient (Wildman–Crippen LogP) is 3.22. The summed E-state index contributed by atoms with van der Waals surface area (Å²) in [5.41, 5.74) is 0.666. The zero-order chi connectivity index (χ0) is 15.7. The summed E-state index contributed by atoms with van der Waals surface area (Å²) in [5.74, 6) is 1.18. The minimum Gasteiger partial charge on any atom is -0.364 e. The molecular weight excluding hydrogens is 355 g/mol. The second kappa shape index (κ2) is 7.11. The summed E-state index contributed by atoms with van der Waals surface area (Å²) in [6.45, 7) is 6.06. The molecule has 2 heterocycles. The zero-order valence-electron chi connectivity index (χ0n) is 12.9. The molecule has 2 aromatic rings. The molecule has 0 fully saturated rings. The van der Waals surface area contributed by atoms with Gasteiger partial charge in [0, 0.05) is 23.5 Å². The highest BCUT2D eigenvalue weighted by molar-refractivity contribution is 8.13. The van der Waals surface area contributed by atoms with Crippen molar-refractivity contribution in [1.82, 2.24) is 15.3 Å². The fourth-order valence-electron chi connectivity index (χ4n) is 2.18. The summed E-state index contributed by atoms with van der Waals surface area (Å²) < 4.78 is 0. The molecule has 3 rings (SSSR count). The first-order chi connectivity index (χ1) is 10.4. The molecular formula is C15H18Cl2N4OS. The van der Waals surface area contributed by atoms with Crippen LogP contribution >= 0.6 is 35.8 Å². The van der Waals surface area contributed by atoms with E-state index in [1.165, 1.54) is 0 Å². The van der Waals surface area contributed by atoms with Gasteiger partial charge in [-0.05, 0) is 18.2 Å². The van der Waals surface area contributed by atoms with Gasteiger partial charge in [0.05, 0.1) is 16.7 Å². The number of aromatic amines is 1. The zero-order valence-corrected chi connectivity index (χ0v) is 15.2. The highest BCUT2D eigenvalue weighted by Crippen LogP contribution is 2.21. The Morgan fingerprint density at radius 3 is 2.87 bits per heavy atom. The lowest BCUT2D eigenvalue weighted by Gasteiger charge is -2.28. The highest BCUT2D eigenvalue weighted by atomic mass is 35.5. The van der Waals surface area contributed by atoms with Crippen LogP contribution in [0.4, 0.5) is 0 Å². The third-order valence-electron chi connectivity index (χ3n) is 3.43. The summed E-state index contributed by atoms with van der Waals surface area (Å²) >= 11 is 7.51. The first-order valence-electron chi connectivity index (χ1n) is 7.03. The first-order valence-corrected chi connectivity index (χ1v) is 8.39. The highest BCUT2D eigenvalue weighted by Gasteiger charge is 2.22. The Balaban J connectivity index is 0.00000192. The van der Waals surface area contributed by atoms with Crippen molar-refractivity contribution in [2.75, 3.05) is 13.1 Å². The van der Waals surface area contributed by atoms with Crippen LogP contribution in [0.2, 0.25) is 5.02 Å². The van der Waals surface area contributed by atoms with Gasteiger partial charge in [-0.1, -0.05) is 37.2 Å². The molecule has 0 atom stereocenters. The van der Waals surface area contributed by atoms with Gasteiger partial charge in [0.2, 0.25) is 0 Å². The van der Waals surface area contributed by atoms with Crippen LogP contribution < -0.4 is 10.9 Å². The lowest BCUT2D eigenvalue weighted by atomic mass is 9.93. The van der Waals surface area contributed by atoms with Gasteiger partial charge in [0.15, 0.2) is 5.17 Å². The molecule has 1 aromatic heterocycles. The molecule has 1 aromatic carbocycles. The molecule has 0 saturated heterocycles. The van der Waals surface area contributed by atoms with E-state index in [0.29, 0.717) is 27.5 Å². The van der Waals surface area contributed by atoms with E-state index in [9.17, 15) is 4.79 Å². The van der Waals surface area contributed by atoms with Crippen molar-refractivity contribution < 1.29 is 0 Å². The van der Waals surface area contributed by atoms with Crippen LogP contribution in [-0.4, -0.2) is 28.2 Å². The number of amidine groups is 1. The molecule has 0 spiro atoms. The fourth-order valence-corrected chi connectivity index (χ4v) is 3.08. The number of benzene rings is 1. The fraction of sp³-hybridized carbons (Fsp3) is 0.400. The maximum Gasteiger partial charge on any atom is 0.258 e. The number of halogens is 2. The quantitative estimate of drug-likeness (QED) is 0.848. The average Bonchev–Trinajstić information content (AvgIpc) is 2.45. The number of hydrogen-bond acceptors (Lipinski definition) is 5. The van der Waals surface area contributed by atoms with Gasteiger partial charge in [0.1, 0.15) is 5.82 Å². The normalized spacial score (nSPS) is 16.4. The maximum absolute atomic E-state index is 12.1. The number of hydrogen-bond donors (Lipinski definition) is 2. The summed E-state index contributed by atoms with van der Waals surface area (Å²) in [6.07, 6.45) is 0. The Morgan fingerprint density at radius 1 is 1.39 bits per heavy atom. The average molecular weight is 373 g/mol. The van der Waals surface area contributed by atoms with Crippen molar-refractivity contribution in [3.8, 4) is 0 Å². The van der Waals surface area contributed by atoms with Crippen LogP contribution in [0.3, 0.4) is 0 Å². The second-order valence-electron chi connectivity index (χ2n) is 6.10. The van der Waals surface area contributed by atoms with Crippen molar-refractivity contribution >= 4 is 51.8 Å². The molecule has 0 unspecified atom stereocenters. The van der Waals surface area contributed by atoms with Crippen molar-refractivity contribution in [2.24, 2.45) is 10.4 Å². The van der Waals surface area contributed by atoms with Gasteiger partial charge < -0.3 is 10.3 Å². The molecule has 0 amide bonds. The minimum atomic E-state index is -0.142. The van der Waals surface area contributed by atoms with Gasteiger partial charge in [-0.25, -0.2) is 4.98 Å². The predicted molar refractivity (Wildman–Crippen MR) is 100 cm³/mol. The topological polar surface area (TPSA) is 70.1 Å². The molecule has 8 heteroatoms. The van der Waals surface area contributed by atoms with Crippen molar-refractivity contribution in [3.05, 3.63) is 39.4 Å². The van der Waals surface area contributed by atoms with Crippen molar-refractivity contribution in [1.29, 1.82) is 0 Å². The molecule has 0 bridgehead atoms. The van der Waals surface area contributed by atoms with Gasteiger partial charge in [0.25, 0.3) is 5.56 Å². The molecule has 23 heavy (non-hydrogen) atoms. The minimum absolute atomic E-state index is 0. The number of rotatable bonds is 2. The van der Waals surface area contributed by atoms with Gasteiger partial charge in [-0.2, -0.15) is 0 Å². The van der Waals surface area contributed by atoms with E-state index >= 15 is 0 Å². The number of aromatic nitrogens is 2. The number of H-pyrrole nitrogens is 1. The second-order valence-corrected chi connectivity index (χ2v) is 7.50. The summed E-state index contributed by atoms with van der Waals surface area (Å²) in [7, 11) is 0. The van der Waals surface area contributed by atoms with Crippen LogP contribution in [-0.2, 0) is 5.75 Å². The van der Waals surface area contributed by atoms with E-state index in [2.05, 4.69) is 34.1 Å². The Morgan fingerprint density at radius 2 is 2.17 bits per heavy atom. The number of nitrogens with zero attached hydrogens (tertiary/aromatic N) is 2. The van der Waals surface area contributed by atoms with E-state index in [4.69, 9.17) is 11.6 Å². The third-order valence-corrected chi connectivity index (χ3v) is 4.63. The molecule has 5 nitrogen and oxygen atoms in total. The van der Waals surface area contributed by atoms with Crippen LogP contribution in [0.25, 0.3) is 10.9 Å². The Labute approximate surface area is 149 Å². The lowest BCUT2D eigenvalue weighted by Crippen LogP contribution is -2.39. The van der Waals surface area contributed by atoms with E-state index in [1.807, 2.05) is 0 Å². The Kier molecular flexibility index (Phi) is 5.60. The van der Waals surface area contributed by atoms with Gasteiger partial charge in [-0.3, -0.25) is 9.79 Å². The molecule has 0 aliphatic carbocycles. The summed E-state index contributed by atoms with van der Waals surface area (Å²) in [4.78, 5) is 23.9. The molecule has 2 N–H and O–H groups in total. The van der Waals surface area contributed by atoms with E-state index < -0.39 is 0 Å². The van der Waals surface area contributed by atoms with Gasteiger partial charge in [-0.15, -0.1) is 12.4 Å². The molecule has 0 saturated carbocycles. The number of fused-ring (bicyclic) bond motifs is 1. The standard InChI is InChI=1S/C15H17ClN4OS.ClH/c1-15(2)7-17-14(18-8-15)22-6-12-19-11-5-9(16)3-4-10(11)13(21)20-12;/h3-5H,6-8H2,1-2H3,(H,17,18)(H,19,20,21);1H. The first kappa shape index (κ1) is 18.1. The van der Waals surface area contributed by atoms with Crippen LogP contribution in [0.15, 0.2) is 28.0 Å². The molecule has 1 aliphatic rings. The lowest BCUT2D eigenvalue weighted by molar-refractivity contribution is 0.364. The van der Waals surface area contributed by atoms with Crippen LogP contribution in [0, 0.1) is 5.41 Å². The van der Waals surface area contributed by atoms with Crippen molar-refractivity contribution in [3.63, 3.8) is 0 Å². The summed E-state index contributed by atoms with van der Waals surface area (Å²) in [6, 6.07) is 5.09. The number of thioether (sulfide) groups is 1. The SMILES string of the molecule is CC1(C)CN=C(SCc2nc3cc(Cl)ccc3c(=O)[nH]2)NC1.Cl. The summed E-state index contributed by atoms with van der Waals surface area (Å²) in [5, 5.41) is 5.33. The molecule has 124 valence electrons.